The molecule has 10 nitrogen and oxygen atoms in total. The van der Waals surface area contributed by atoms with Crippen LogP contribution in [0.2, 0.25) is 0 Å². The average Bonchev–Trinajstić information content (AvgIpc) is 3.31. The number of H-pyrrole nitrogens is 1. The zero-order chi connectivity index (χ0) is 20.6. The van der Waals surface area contributed by atoms with Crippen LogP contribution < -0.4 is 15.4 Å². The number of carbonyl (C=O) groups is 1. The van der Waals surface area contributed by atoms with E-state index in [1.54, 1.807) is 6.07 Å². The molecule has 0 spiro atoms. The van der Waals surface area contributed by atoms with Crippen molar-refractivity contribution in [2.75, 3.05) is 10.0 Å². The molecule has 2 aromatic heterocycles. The second-order valence-corrected chi connectivity index (χ2v) is 9.48. The van der Waals surface area contributed by atoms with E-state index < -0.39 is 10.0 Å². The van der Waals surface area contributed by atoms with E-state index >= 15 is 0 Å². The van der Waals surface area contributed by atoms with E-state index in [0.29, 0.717) is 22.9 Å². The lowest BCUT2D eigenvalue weighted by Gasteiger charge is -2.14. The Balaban J connectivity index is 1.36. The smallest absolute Gasteiger partial charge is 0.407 e. The number of ether oxygens (including phenoxy) is 1. The highest BCUT2D eigenvalue weighted by Gasteiger charge is 2.30. The van der Waals surface area contributed by atoms with Gasteiger partial charge in [-0.25, -0.2) is 18.2 Å². The molecule has 1 fully saturated rings. The fraction of sp³-hybridized carbons (Fsp3) is 0.500. The maximum atomic E-state index is 11.8. The van der Waals surface area contributed by atoms with E-state index in [9.17, 15) is 13.2 Å². The third-order valence-electron chi connectivity index (χ3n) is 4.96. The van der Waals surface area contributed by atoms with E-state index in [2.05, 4.69) is 30.5 Å². The van der Waals surface area contributed by atoms with Gasteiger partial charge in [0.2, 0.25) is 10.0 Å². The van der Waals surface area contributed by atoms with Gasteiger partial charge in [-0.15, -0.1) is 0 Å². The molecule has 3 heterocycles. The molecule has 1 saturated carbocycles. The highest BCUT2D eigenvalue weighted by molar-refractivity contribution is 7.92. The third-order valence-corrected chi connectivity index (χ3v) is 6.18. The number of fused-ring (bicyclic) bond motifs is 1. The van der Waals surface area contributed by atoms with E-state index in [1.807, 2.05) is 19.9 Å². The molecule has 4 rings (SSSR count). The highest BCUT2D eigenvalue weighted by Crippen LogP contribution is 2.36. The second-order valence-electron chi connectivity index (χ2n) is 7.76. The van der Waals surface area contributed by atoms with Crippen LogP contribution in [0.3, 0.4) is 0 Å². The molecule has 0 saturated heterocycles. The van der Waals surface area contributed by atoms with Gasteiger partial charge in [0.25, 0.3) is 0 Å². The molecule has 1 amide bonds. The second kappa shape index (κ2) is 7.54. The van der Waals surface area contributed by atoms with Crippen LogP contribution in [0.1, 0.15) is 50.3 Å². The Hall–Kier alpha value is -2.82. The lowest BCUT2D eigenvalue weighted by molar-refractivity contribution is 0.0981. The summed E-state index contributed by atoms with van der Waals surface area (Å²) in [7, 11) is -3.30. The van der Waals surface area contributed by atoms with Gasteiger partial charge < -0.3 is 15.4 Å². The molecular weight excluding hydrogens is 396 g/mol. The topological polar surface area (TPSA) is 138 Å². The number of nitrogens with one attached hydrogen (secondary N) is 4. The van der Waals surface area contributed by atoms with Gasteiger partial charge in [-0.3, -0.25) is 9.82 Å². The van der Waals surface area contributed by atoms with Crippen LogP contribution in [0.5, 0.6) is 0 Å². The number of nitrogens with zero attached hydrogens (tertiary/aromatic N) is 2. The summed E-state index contributed by atoms with van der Waals surface area (Å²) >= 11 is 0. The molecule has 1 aliphatic carbocycles. The molecule has 0 bridgehead atoms. The standard InChI is InChI=1S/C18H24N6O4S/c1-10(2)20-18(25)28-13-4-3-11(5-13)14-7-17(23-22-14)21-16-6-12-9-29(26,27)24-15(12)8-19-16/h6-8,10-11,13,24H,3-5,9H2,1-2H3,(H,20,25)(H2,19,21,22,23). The summed E-state index contributed by atoms with van der Waals surface area (Å²) in [6, 6.07) is 3.66. The first kappa shape index (κ1) is 19.5. The van der Waals surface area contributed by atoms with Crippen LogP contribution in [-0.4, -0.2) is 41.8 Å². The molecule has 2 atom stereocenters. The number of aromatic nitrogens is 3. The minimum absolute atomic E-state index is 0.0460. The number of alkyl carbamates (subject to hydrolysis) is 1. The number of amides is 1. The van der Waals surface area contributed by atoms with E-state index in [4.69, 9.17) is 4.74 Å². The SMILES string of the molecule is CC(C)NC(=O)OC1CCC(c2cc(Nc3cc4c(cn3)NS(=O)(=O)C4)n[nH]2)C1. The van der Waals surface area contributed by atoms with Crippen LogP contribution in [0, 0.1) is 0 Å². The number of hydrogen-bond donors (Lipinski definition) is 4. The molecule has 11 heteroatoms. The van der Waals surface area contributed by atoms with Crippen molar-refractivity contribution < 1.29 is 17.9 Å². The van der Waals surface area contributed by atoms with Crippen molar-refractivity contribution in [3.63, 3.8) is 0 Å². The van der Waals surface area contributed by atoms with Crippen molar-refractivity contribution >= 4 is 33.4 Å². The molecular formula is C18H24N6O4S. The molecule has 29 heavy (non-hydrogen) atoms. The Kier molecular flexibility index (Phi) is 5.07. The Labute approximate surface area is 168 Å². The first-order chi connectivity index (χ1) is 13.8. The summed E-state index contributed by atoms with van der Waals surface area (Å²) in [5, 5.41) is 13.1. The number of rotatable bonds is 5. The Morgan fingerprint density at radius 3 is 2.90 bits per heavy atom. The van der Waals surface area contributed by atoms with E-state index in [1.165, 1.54) is 6.20 Å². The minimum atomic E-state index is -3.30. The lowest BCUT2D eigenvalue weighted by Crippen LogP contribution is -2.33. The summed E-state index contributed by atoms with van der Waals surface area (Å²) in [6.07, 6.45) is 3.47. The molecule has 2 unspecified atom stereocenters. The molecule has 0 radical (unpaired) electrons. The van der Waals surface area contributed by atoms with Crippen molar-refractivity contribution in [1.82, 2.24) is 20.5 Å². The van der Waals surface area contributed by atoms with Gasteiger partial charge in [-0.1, -0.05) is 0 Å². The van der Waals surface area contributed by atoms with Gasteiger partial charge in [0, 0.05) is 23.7 Å². The van der Waals surface area contributed by atoms with Crippen LogP contribution >= 0.6 is 0 Å². The molecule has 0 aromatic carbocycles. The Morgan fingerprint density at radius 1 is 1.28 bits per heavy atom. The first-order valence-corrected chi connectivity index (χ1v) is 11.2. The number of hydrogen-bond acceptors (Lipinski definition) is 7. The predicted molar refractivity (Wildman–Crippen MR) is 107 cm³/mol. The number of anilines is 3. The molecule has 4 N–H and O–H groups in total. The van der Waals surface area contributed by atoms with Crippen molar-refractivity contribution in [1.29, 1.82) is 0 Å². The molecule has 156 valence electrons. The van der Waals surface area contributed by atoms with Gasteiger partial charge >= 0.3 is 6.09 Å². The molecule has 2 aromatic rings. The van der Waals surface area contributed by atoms with Crippen LogP contribution in [-0.2, 0) is 20.5 Å². The van der Waals surface area contributed by atoms with Crippen molar-refractivity contribution in [3.05, 3.63) is 29.6 Å². The summed E-state index contributed by atoms with van der Waals surface area (Å²) in [5.41, 5.74) is 2.15. The fourth-order valence-electron chi connectivity index (χ4n) is 3.68. The average molecular weight is 420 g/mol. The van der Waals surface area contributed by atoms with Crippen LogP contribution in [0.15, 0.2) is 18.3 Å². The third kappa shape index (κ3) is 4.61. The monoisotopic (exact) mass is 420 g/mol. The summed E-state index contributed by atoms with van der Waals surface area (Å²) < 4.78 is 31.2. The Bertz CT molecular complexity index is 1020. The summed E-state index contributed by atoms with van der Waals surface area (Å²) in [6.45, 7) is 3.78. The zero-order valence-electron chi connectivity index (χ0n) is 16.2. The van der Waals surface area contributed by atoms with Gasteiger partial charge in [0.05, 0.1) is 17.6 Å². The minimum Gasteiger partial charge on any atom is -0.446 e. The summed E-state index contributed by atoms with van der Waals surface area (Å²) in [4.78, 5) is 16.0. The van der Waals surface area contributed by atoms with Crippen molar-refractivity contribution in [2.24, 2.45) is 0 Å². The van der Waals surface area contributed by atoms with E-state index in [-0.39, 0.29) is 29.9 Å². The number of carbonyl (C=O) groups excluding carboxylic acids is 1. The zero-order valence-corrected chi connectivity index (χ0v) is 17.0. The van der Waals surface area contributed by atoms with Gasteiger partial charge in [0.1, 0.15) is 11.9 Å². The highest BCUT2D eigenvalue weighted by atomic mass is 32.2. The van der Waals surface area contributed by atoms with Gasteiger partial charge in [-0.05, 0) is 44.7 Å². The largest absolute Gasteiger partial charge is 0.446 e. The maximum Gasteiger partial charge on any atom is 0.407 e. The normalized spacial score (nSPS) is 22.2. The number of pyridine rings is 1. The van der Waals surface area contributed by atoms with Crippen molar-refractivity contribution in [2.45, 2.75) is 56.9 Å². The fourth-order valence-corrected chi connectivity index (χ4v) is 4.92. The first-order valence-electron chi connectivity index (χ1n) is 9.56. The van der Waals surface area contributed by atoms with Crippen molar-refractivity contribution in [3.8, 4) is 0 Å². The lowest BCUT2D eigenvalue weighted by atomic mass is 10.0. The molecule has 2 aliphatic rings. The number of sulfonamides is 1. The predicted octanol–water partition coefficient (Wildman–Crippen LogP) is 2.57. The summed E-state index contributed by atoms with van der Waals surface area (Å²) in [5.74, 6) is 1.30. The van der Waals surface area contributed by atoms with Crippen LogP contribution in [0.25, 0.3) is 0 Å². The Morgan fingerprint density at radius 2 is 2.10 bits per heavy atom. The quantitative estimate of drug-likeness (QED) is 0.583. The number of aromatic amines is 1. The van der Waals surface area contributed by atoms with Gasteiger partial charge in [-0.2, -0.15) is 5.10 Å². The van der Waals surface area contributed by atoms with Crippen LogP contribution in [0.4, 0.5) is 22.1 Å². The van der Waals surface area contributed by atoms with Gasteiger partial charge in [0.15, 0.2) is 5.82 Å². The van der Waals surface area contributed by atoms with E-state index in [0.717, 1.165) is 25.0 Å². The molecule has 1 aliphatic heterocycles. The maximum absolute atomic E-state index is 11.8.